The number of rotatable bonds is 5. The summed E-state index contributed by atoms with van der Waals surface area (Å²) in [4.78, 5) is 10.3. The summed E-state index contributed by atoms with van der Waals surface area (Å²) < 4.78 is 12.5. The predicted molar refractivity (Wildman–Crippen MR) is 203 cm³/mol. The molecule has 50 heavy (non-hydrogen) atoms. The molecule has 9 aromatic rings. The number of para-hydroxylation sites is 2. The van der Waals surface area contributed by atoms with Crippen molar-refractivity contribution in [3.05, 3.63) is 175 Å². The van der Waals surface area contributed by atoms with Crippen molar-refractivity contribution in [3.8, 4) is 22.6 Å². The Hall–Kier alpha value is -6.26. The standard InChI is InChI=1S/C46H32N2O2/c1-3-11-29(12-4-1)40-28-41(48-46(47-40)30-13-5-2-6-14-30)33-19-22-34(31-20-23-44-38(25-31)35-15-7-9-17-42(35)49-44)37(27-33)32-21-24-45-39(26-32)36-16-8-10-18-43(36)50-45/h1-18,20-21,23-28,34,37H,19,22H2. The van der Waals surface area contributed by atoms with E-state index in [0.29, 0.717) is 0 Å². The molecule has 2 unspecified atom stereocenters. The molecule has 238 valence electrons. The van der Waals surface area contributed by atoms with Gasteiger partial charge in [-0.05, 0) is 77.9 Å². The fraction of sp³-hybridized carbons (Fsp3) is 0.0870. The van der Waals surface area contributed by atoms with Crippen LogP contribution in [0.1, 0.15) is 41.5 Å². The molecule has 1 aliphatic rings. The molecular weight excluding hydrogens is 613 g/mol. The van der Waals surface area contributed by atoms with E-state index in [0.717, 1.165) is 79.7 Å². The minimum Gasteiger partial charge on any atom is -0.456 e. The summed E-state index contributed by atoms with van der Waals surface area (Å²) in [6, 6.07) is 53.0. The first-order valence-electron chi connectivity index (χ1n) is 17.3. The molecule has 3 aromatic heterocycles. The van der Waals surface area contributed by atoms with E-state index in [1.807, 2.05) is 48.5 Å². The molecule has 0 saturated carbocycles. The van der Waals surface area contributed by atoms with E-state index in [2.05, 4.69) is 109 Å². The minimum absolute atomic E-state index is 0.114. The van der Waals surface area contributed by atoms with Crippen LogP contribution in [0.5, 0.6) is 0 Å². The summed E-state index contributed by atoms with van der Waals surface area (Å²) in [7, 11) is 0. The van der Waals surface area contributed by atoms with E-state index in [9.17, 15) is 0 Å². The van der Waals surface area contributed by atoms with Crippen molar-refractivity contribution < 1.29 is 8.83 Å². The van der Waals surface area contributed by atoms with Crippen LogP contribution in [0.15, 0.2) is 167 Å². The Kier molecular flexibility index (Phi) is 6.73. The highest BCUT2D eigenvalue weighted by Crippen LogP contribution is 2.47. The van der Waals surface area contributed by atoms with Crippen LogP contribution in [0.25, 0.3) is 72.1 Å². The van der Waals surface area contributed by atoms with Gasteiger partial charge in [0.05, 0.1) is 11.4 Å². The van der Waals surface area contributed by atoms with Crippen LogP contribution in [0.3, 0.4) is 0 Å². The number of aromatic nitrogens is 2. The van der Waals surface area contributed by atoms with Crippen LogP contribution >= 0.6 is 0 Å². The first kappa shape index (κ1) is 28.7. The topological polar surface area (TPSA) is 52.1 Å². The molecule has 0 bridgehead atoms. The Morgan fingerprint density at radius 3 is 1.68 bits per heavy atom. The highest BCUT2D eigenvalue weighted by Gasteiger charge is 2.30. The van der Waals surface area contributed by atoms with Crippen molar-refractivity contribution in [1.29, 1.82) is 0 Å². The molecule has 4 heteroatoms. The van der Waals surface area contributed by atoms with Gasteiger partial charge in [-0.2, -0.15) is 0 Å². The van der Waals surface area contributed by atoms with Gasteiger partial charge in [-0.1, -0.05) is 115 Å². The lowest BCUT2D eigenvalue weighted by Crippen LogP contribution is -2.15. The van der Waals surface area contributed by atoms with E-state index in [4.69, 9.17) is 18.8 Å². The number of benzene rings is 6. The molecule has 0 spiro atoms. The molecule has 1 aliphatic carbocycles. The second-order valence-electron chi connectivity index (χ2n) is 13.3. The lowest BCUT2D eigenvalue weighted by molar-refractivity contribution is 0.559. The van der Waals surface area contributed by atoms with Crippen LogP contribution in [0.4, 0.5) is 0 Å². The van der Waals surface area contributed by atoms with Crippen molar-refractivity contribution in [2.45, 2.75) is 24.7 Å². The van der Waals surface area contributed by atoms with Crippen LogP contribution < -0.4 is 0 Å². The van der Waals surface area contributed by atoms with Crippen LogP contribution in [-0.4, -0.2) is 9.97 Å². The first-order chi connectivity index (χ1) is 24.7. The summed E-state index contributed by atoms with van der Waals surface area (Å²) in [5, 5.41) is 4.61. The van der Waals surface area contributed by atoms with Gasteiger partial charge in [0, 0.05) is 38.6 Å². The molecule has 10 rings (SSSR count). The molecule has 0 radical (unpaired) electrons. The van der Waals surface area contributed by atoms with Gasteiger partial charge < -0.3 is 8.83 Å². The normalized spacial score (nSPS) is 16.4. The van der Waals surface area contributed by atoms with Crippen LogP contribution in [-0.2, 0) is 0 Å². The van der Waals surface area contributed by atoms with Crippen LogP contribution in [0, 0.1) is 0 Å². The van der Waals surface area contributed by atoms with Gasteiger partial charge in [-0.15, -0.1) is 0 Å². The third kappa shape index (κ3) is 4.91. The monoisotopic (exact) mass is 644 g/mol. The molecule has 0 amide bonds. The Labute approximate surface area is 289 Å². The first-order valence-corrected chi connectivity index (χ1v) is 17.3. The summed E-state index contributed by atoms with van der Waals surface area (Å²) in [5.41, 5.74) is 11.5. The number of nitrogens with zero attached hydrogens (tertiary/aromatic N) is 2. The Bertz CT molecular complexity index is 2660. The molecule has 4 nitrogen and oxygen atoms in total. The lowest BCUT2D eigenvalue weighted by Gasteiger charge is -2.31. The maximum Gasteiger partial charge on any atom is 0.160 e. The number of hydrogen-bond donors (Lipinski definition) is 0. The largest absolute Gasteiger partial charge is 0.456 e. The average Bonchev–Trinajstić information content (AvgIpc) is 3.76. The highest BCUT2D eigenvalue weighted by atomic mass is 16.3. The molecular formula is C46H32N2O2. The zero-order valence-corrected chi connectivity index (χ0v) is 27.3. The number of allylic oxidation sites excluding steroid dienone is 2. The molecule has 0 fully saturated rings. The third-order valence-corrected chi connectivity index (χ3v) is 10.3. The second kappa shape index (κ2) is 11.7. The molecule has 2 atom stereocenters. The van der Waals surface area contributed by atoms with Crippen molar-refractivity contribution in [2.24, 2.45) is 0 Å². The van der Waals surface area contributed by atoms with Gasteiger partial charge in [0.2, 0.25) is 0 Å². The fourth-order valence-electron chi connectivity index (χ4n) is 7.83. The maximum atomic E-state index is 6.24. The second-order valence-corrected chi connectivity index (χ2v) is 13.3. The quantitative estimate of drug-likeness (QED) is 0.187. The van der Waals surface area contributed by atoms with E-state index < -0.39 is 0 Å². The van der Waals surface area contributed by atoms with Crippen molar-refractivity contribution >= 4 is 49.5 Å². The van der Waals surface area contributed by atoms with Crippen molar-refractivity contribution in [3.63, 3.8) is 0 Å². The Morgan fingerprint density at radius 2 is 1.00 bits per heavy atom. The fourth-order valence-corrected chi connectivity index (χ4v) is 7.83. The Balaban J connectivity index is 1.15. The SMILES string of the molecule is C1=C(c2cc(-c3ccccc3)nc(-c3ccccc3)n2)CCC(c2ccc3oc4ccccc4c3c2)C1c1ccc2oc3ccccc3c2c1. The van der Waals surface area contributed by atoms with Gasteiger partial charge >= 0.3 is 0 Å². The van der Waals surface area contributed by atoms with E-state index >= 15 is 0 Å². The van der Waals surface area contributed by atoms with Gasteiger partial charge in [-0.25, -0.2) is 9.97 Å². The zero-order valence-electron chi connectivity index (χ0n) is 27.3. The van der Waals surface area contributed by atoms with Crippen LogP contribution in [0.2, 0.25) is 0 Å². The van der Waals surface area contributed by atoms with Gasteiger partial charge in [0.1, 0.15) is 22.3 Å². The van der Waals surface area contributed by atoms with E-state index in [-0.39, 0.29) is 11.8 Å². The summed E-state index contributed by atoms with van der Waals surface area (Å²) in [6.07, 6.45) is 4.36. The van der Waals surface area contributed by atoms with Gasteiger partial charge in [0.25, 0.3) is 0 Å². The zero-order chi connectivity index (χ0) is 33.0. The average molecular weight is 645 g/mol. The number of fused-ring (bicyclic) bond motifs is 6. The highest BCUT2D eigenvalue weighted by molar-refractivity contribution is 6.06. The van der Waals surface area contributed by atoms with E-state index in [1.54, 1.807) is 0 Å². The minimum atomic E-state index is 0.114. The predicted octanol–water partition coefficient (Wildman–Crippen LogP) is 12.4. The van der Waals surface area contributed by atoms with E-state index in [1.165, 1.54) is 22.1 Å². The van der Waals surface area contributed by atoms with Crippen molar-refractivity contribution in [2.75, 3.05) is 0 Å². The molecule has 3 heterocycles. The van der Waals surface area contributed by atoms with Gasteiger partial charge in [-0.3, -0.25) is 0 Å². The third-order valence-electron chi connectivity index (χ3n) is 10.3. The molecule has 0 N–H and O–H groups in total. The lowest BCUT2D eigenvalue weighted by atomic mass is 9.73. The summed E-state index contributed by atoms with van der Waals surface area (Å²) in [5.74, 6) is 1.12. The number of hydrogen-bond acceptors (Lipinski definition) is 4. The van der Waals surface area contributed by atoms with Crippen molar-refractivity contribution in [1.82, 2.24) is 9.97 Å². The molecule has 6 aromatic carbocycles. The maximum absolute atomic E-state index is 6.24. The molecule has 0 saturated heterocycles. The Morgan fingerprint density at radius 1 is 0.460 bits per heavy atom. The smallest absolute Gasteiger partial charge is 0.160 e. The molecule has 0 aliphatic heterocycles. The number of furan rings is 2. The van der Waals surface area contributed by atoms with Gasteiger partial charge in [0.15, 0.2) is 5.82 Å². The summed E-state index contributed by atoms with van der Waals surface area (Å²) >= 11 is 0. The summed E-state index contributed by atoms with van der Waals surface area (Å²) in [6.45, 7) is 0.